The van der Waals surface area contributed by atoms with Crippen LogP contribution in [-0.2, 0) is 0 Å². The van der Waals surface area contributed by atoms with Crippen molar-refractivity contribution in [1.82, 2.24) is 20.3 Å². The minimum Gasteiger partial charge on any atom is -0.332 e. The molecule has 6 nitrogen and oxygen atoms in total. The number of aryl methyl sites for hydroxylation is 1. The lowest BCUT2D eigenvalue weighted by Crippen LogP contribution is -2.34. The first-order valence-corrected chi connectivity index (χ1v) is 12.1. The fourth-order valence-corrected chi connectivity index (χ4v) is 4.20. The van der Waals surface area contributed by atoms with E-state index in [1.54, 1.807) is 16.9 Å². The van der Waals surface area contributed by atoms with Crippen LogP contribution in [0.4, 0.5) is 5.69 Å². The van der Waals surface area contributed by atoms with E-state index in [1.165, 1.54) is 5.56 Å². The fourth-order valence-electron chi connectivity index (χ4n) is 3.31. The lowest BCUT2D eigenvalue weighted by atomic mass is 10.0. The van der Waals surface area contributed by atoms with Gasteiger partial charge in [-0.3, -0.25) is 10.1 Å². The van der Waals surface area contributed by atoms with Crippen molar-refractivity contribution >= 4 is 74.2 Å². The van der Waals surface area contributed by atoms with Crippen LogP contribution in [0.15, 0.2) is 54.6 Å². The molecule has 0 saturated carbocycles. The third-order valence-corrected chi connectivity index (χ3v) is 6.37. The number of halogens is 2. The van der Waals surface area contributed by atoms with Gasteiger partial charge < -0.3 is 5.32 Å². The van der Waals surface area contributed by atoms with Crippen LogP contribution in [0.1, 0.15) is 41.3 Å². The number of anilines is 1. The number of benzene rings is 3. The molecule has 0 aliphatic heterocycles. The van der Waals surface area contributed by atoms with Gasteiger partial charge in [0, 0.05) is 9.26 Å². The molecule has 0 bridgehead atoms. The zero-order chi connectivity index (χ0) is 23.7. The molecule has 0 aliphatic carbocycles. The number of hydrogen-bond acceptors (Lipinski definition) is 4. The highest BCUT2D eigenvalue weighted by Crippen LogP contribution is 2.23. The SMILES string of the molecule is Cc1cc2nn(-c3ccc(C(C)C)cc3)nc2cc1NC(=S)NC(=O)c1cc(I)ccc1Cl. The Labute approximate surface area is 215 Å². The third-order valence-electron chi connectivity index (χ3n) is 5.17. The Morgan fingerprint density at radius 1 is 1.06 bits per heavy atom. The molecule has 0 fully saturated rings. The van der Waals surface area contributed by atoms with E-state index in [-0.39, 0.29) is 11.0 Å². The second kappa shape index (κ2) is 9.74. The minimum absolute atomic E-state index is 0.175. The highest BCUT2D eigenvalue weighted by Gasteiger charge is 2.14. The average Bonchev–Trinajstić information content (AvgIpc) is 3.18. The van der Waals surface area contributed by atoms with E-state index in [9.17, 15) is 4.79 Å². The maximum Gasteiger partial charge on any atom is 0.258 e. The molecule has 9 heteroatoms. The van der Waals surface area contributed by atoms with Crippen molar-refractivity contribution in [2.45, 2.75) is 26.7 Å². The average molecular weight is 590 g/mol. The van der Waals surface area contributed by atoms with Crippen molar-refractivity contribution in [3.05, 3.63) is 79.9 Å². The number of aromatic nitrogens is 3. The van der Waals surface area contributed by atoms with E-state index in [1.807, 2.05) is 37.3 Å². The van der Waals surface area contributed by atoms with E-state index in [2.05, 4.69) is 69.4 Å². The van der Waals surface area contributed by atoms with Crippen molar-refractivity contribution in [2.75, 3.05) is 5.32 Å². The summed E-state index contributed by atoms with van der Waals surface area (Å²) in [5.41, 5.74) is 5.67. The summed E-state index contributed by atoms with van der Waals surface area (Å²) in [5, 5.41) is 15.5. The predicted molar refractivity (Wildman–Crippen MR) is 146 cm³/mol. The molecule has 1 heterocycles. The van der Waals surface area contributed by atoms with Gasteiger partial charge in [-0.05, 0) is 101 Å². The number of rotatable bonds is 4. The number of nitrogens with one attached hydrogen (secondary N) is 2. The summed E-state index contributed by atoms with van der Waals surface area (Å²) >= 11 is 13.6. The monoisotopic (exact) mass is 589 g/mol. The molecule has 0 atom stereocenters. The molecule has 4 aromatic rings. The Morgan fingerprint density at radius 2 is 1.73 bits per heavy atom. The van der Waals surface area contributed by atoms with Crippen LogP contribution >= 0.6 is 46.4 Å². The van der Waals surface area contributed by atoms with E-state index in [4.69, 9.17) is 23.8 Å². The Bertz CT molecular complexity index is 1370. The second-order valence-corrected chi connectivity index (χ2v) is 9.99. The second-order valence-electron chi connectivity index (χ2n) is 7.92. The highest BCUT2D eigenvalue weighted by atomic mass is 127. The number of fused-ring (bicyclic) bond motifs is 1. The van der Waals surface area contributed by atoms with Crippen LogP contribution in [0.25, 0.3) is 16.7 Å². The van der Waals surface area contributed by atoms with Gasteiger partial charge in [-0.25, -0.2) is 0 Å². The quantitative estimate of drug-likeness (QED) is 0.218. The lowest BCUT2D eigenvalue weighted by Gasteiger charge is -2.12. The molecule has 0 radical (unpaired) electrons. The maximum atomic E-state index is 12.6. The van der Waals surface area contributed by atoms with E-state index in [0.717, 1.165) is 26.0 Å². The van der Waals surface area contributed by atoms with Gasteiger partial charge >= 0.3 is 0 Å². The summed E-state index contributed by atoms with van der Waals surface area (Å²) in [6.07, 6.45) is 0. The summed E-state index contributed by atoms with van der Waals surface area (Å²) < 4.78 is 0.907. The molecule has 0 unspecified atom stereocenters. The Kier molecular flexibility index (Phi) is 6.96. The molecule has 4 rings (SSSR count). The van der Waals surface area contributed by atoms with Crippen molar-refractivity contribution in [1.29, 1.82) is 0 Å². The number of carbonyl (C=O) groups is 1. The van der Waals surface area contributed by atoms with Gasteiger partial charge in [-0.2, -0.15) is 4.80 Å². The zero-order valence-corrected chi connectivity index (χ0v) is 21.9. The fraction of sp³-hybridized carbons (Fsp3) is 0.167. The first kappa shape index (κ1) is 23.6. The Balaban J connectivity index is 1.53. The number of thiocarbonyl (C=S) groups is 1. The lowest BCUT2D eigenvalue weighted by molar-refractivity contribution is 0.0978. The summed E-state index contributed by atoms with van der Waals surface area (Å²) in [7, 11) is 0. The summed E-state index contributed by atoms with van der Waals surface area (Å²) in [6, 6.07) is 17.2. The van der Waals surface area contributed by atoms with Gasteiger partial charge in [0.2, 0.25) is 0 Å². The zero-order valence-electron chi connectivity index (χ0n) is 18.2. The van der Waals surface area contributed by atoms with Gasteiger partial charge in [0.25, 0.3) is 5.91 Å². The molecule has 1 aromatic heterocycles. The highest BCUT2D eigenvalue weighted by molar-refractivity contribution is 14.1. The maximum absolute atomic E-state index is 12.6. The first-order valence-electron chi connectivity index (χ1n) is 10.3. The van der Waals surface area contributed by atoms with Crippen molar-refractivity contribution in [3.8, 4) is 5.69 Å². The minimum atomic E-state index is -0.370. The molecule has 0 aliphatic rings. The number of amides is 1. The largest absolute Gasteiger partial charge is 0.332 e. The molecule has 1 amide bonds. The van der Waals surface area contributed by atoms with Crippen LogP contribution in [0.3, 0.4) is 0 Å². The van der Waals surface area contributed by atoms with Gasteiger partial charge in [0.05, 0.1) is 16.3 Å². The van der Waals surface area contributed by atoms with Crippen LogP contribution in [0.2, 0.25) is 5.02 Å². The molecule has 33 heavy (non-hydrogen) atoms. The summed E-state index contributed by atoms with van der Waals surface area (Å²) in [5.74, 6) is 0.0939. The van der Waals surface area contributed by atoms with Gasteiger partial charge in [0.15, 0.2) is 5.11 Å². The summed E-state index contributed by atoms with van der Waals surface area (Å²) in [4.78, 5) is 14.2. The van der Waals surface area contributed by atoms with Crippen molar-refractivity contribution in [3.63, 3.8) is 0 Å². The van der Waals surface area contributed by atoms with E-state index < -0.39 is 0 Å². The molecule has 2 N–H and O–H groups in total. The standard InChI is InChI=1S/C24H21ClIN5OS/c1-13(2)15-4-7-17(8-5-15)31-29-21-10-14(3)20(12-22(21)30-31)27-24(33)28-23(32)18-11-16(26)6-9-19(18)25/h4-13H,1-3H3,(H2,27,28,32,33). The van der Waals surface area contributed by atoms with E-state index >= 15 is 0 Å². The number of hydrogen-bond donors (Lipinski definition) is 2. The van der Waals surface area contributed by atoms with Gasteiger partial charge in [-0.15, -0.1) is 10.2 Å². The van der Waals surface area contributed by atoms with Gasteiger partial charge in [-0.1, -0.05) is 37.6 Å². The normalized spacial score (nSPS) is 11.1. The number of nitrogens with zero attached hydrogens (tertiary/aromatic N) is 3. The molecule has 0 saturated heterocycles. The molecular formula is C24H21ClIN5OS. The summed E-state index contributed by atoms with van der Waals surface area (Å²) in [6.45, 7) is 6.27. The number of carbonyl (C=O) groups excluding carboxylic acids is 1. The predicted octanol–water partition coefficient (Wildman–Crippen LogP) is 6.24. The van der Waals surface area contributed by atoms with Crippen molar-refractivity contribution < 1.29 is 4.79 Å². The molecule has 3 aromatic carbocycles. The molecular weight excluding hydrogens is 569 g/mol. The first-order chi connectivity index (χ1) is 15.7. The van der Waals surface area contributed by atoms with Crippen LogP contribution < -0.4 is 10.6 Å². The van der Waals surface area contributed by atoms with Crippen molar-refractivity contribution in [2.24, 2.45) is 0 Å². The van der Waals surface area contributed by atoms with Crippen LogP contribution in [0.5, 0.6) is 0 Å². The van der Waals surface area contributed by atoms with E-state index in [0.29, 0.717) is 22.0 Å². The molecule has 0 spiro atoms. The third kappa shape index (κ3) is 5.34. The van der Waals surface area contributed by atoms with Crippen LogP contribution in [-0.4, -0.2) is 26.0 Å². The Morgan fingerprint density at radius 3 is 2.39 bits per heavy atom. The topological polar surface area (TPSA) is 71.8 Å². The molecule has 168 valence electrons. The van der Waals surface area contributed by atoms with Crippen LogP contribution in [0, 0.1) is 10.5 Å². The smallest absolute Gasteiger partial charge is 0.258 e. The van der Waals surface area contributed by atoms with Gasteiger partial charge in [0.1, 0.15) is 11.0 Å². The Hall–Kier alpha value is -2.56.